The Labute approximate surface area is 148 Å². The molecular weight excluding hydrogens is 318 g/mol. The third-order valence-electron chi connectivity index (χ3n) is 4.13. The minimum absolute atomic E-state index is 0.0538. The summed E-state index contributed by atoms with van der Waals surface area (Å²) in [6.45, 7) is 2.02. The van der Waals surface area contributed by atoms with Gasteiger partial charge in [0.05, 0.1) is 32.0 Å². The van der Waals surface area contributed by atoms with E-state index in [9.17, 15) is 10.2 Å². The molecular formula is C19H25N3O3. The molecule has 0 aliphatic rings. The van der Waals surface area contributed by atoms with Crippen molar-refractivity contribution in [1.29, 1.82) is 0 Å². The molecule has 0 fully saturated rings. The Morgan fingerprint density at radius 3 is 2.76 bits per heavy atom. The van der Waals surface area contributed by atoms with Gasteiger partial charge in [0.25, 0.3) is 0 Å². The zero-order chi connectivity index (χ0) is 18.4. The van der Waals surface area contributed by atoms with Gasteiger partial charge in [-0.3, -0.25) is 9.98 Å². The number of aliphatic hydroxyl groups is 1. The van der Waals surface area contributed by atoms with Crippen LogP contribution in [-0.2, 0) is 6.61 Å². The lowest BCUT2D eigenvalue weighted by Crippen LogP contribution is -2.22. The quantitative estimate of drug-likeness (QED) is 0.755. The maximum atomic E-state index is 10.2. The van der Waals surface area contributed by atoms with Gasteiger partial charge in [-0.25, -0.2) is 0 Å². The van der Waals surface area contributed by atoms with Gasteiger partial charge in [0.15, 0.2) is 0 Å². The monoisotopic (exact) mass is 343 g/mol. The van der Waals surface area contributed by atoms with Crippen LogP contribution in [0.3, 0.4) is 0 Å². The Hall–Kier alpha value is -2.44. The first-order chi connectivity index (χ1) is 12.0. The molecule has 134 valence electrons. The summed E-state index contributed by atoms with van der Waals surface area (Å²) in [4.78, 5) is 10.6. The smallest absolute Gasteiger partial charge is 0.145 e. The fourth-order valence-electron chi connectivity index (χ4n) is 2.58. The summed E-state index contributed by atoms with van der Waals surface area (Å²) < 4.78 is 5.29. The standard InChI is InChI=1S/C19H25N3O3/c1-13-19(24)17(15(12-23)9-21-13)10-20-11-18(22(2)3)14-6-5-7-16(8-14)25-4/h5-10,18,23-24H,11-12H2,1-4H3/t18-/m1/s1. The molecule has 2 N–H and O–H groups in total. The van der Waals surface area contributed by atoms with E-state index >= 15 is 0 Å². The number of likely N-dealkylation sites (N-methyl/N-ethyl adjacent to an activating group) is 1. The highest BCUT2D eigenvalue weighted by Crippen LogP contribution is 2.24. The number of hydrogen-bond donors (Lipinski definition) is 2. The van der Waals surface area contributed by atoms with Crippen molar-refractivity contribution in [3.8, 4) is 11.5 Å². The maximum absolute atomic E-state index is 10.2. The molecule has 1 heterocycles. The summed E-state index contributed by atoms with van der Waals surface area (Å²) in [5.74, 6) is 0.858. The second-order valence-corrected chi connectivity index (χ2v) is 6.04. The zero-order valence-corrected chi connectivity index (χ0v) is 15.1. The Kier molecular flexibility index (Phi) is 6.50. The number of ether oxygens (including phenoxy) is 1. The lowest BCUT2D eigenvalue weighted by atomic mass is 10.1. The molecule has 0 saturated heterocycles. The van der Waals surface area contributed by atoms with E-state index in [2.05, 4.69) is 14.9 Å². The molecule has 0 unspecified atom stereocenters. The first-order valence-electron chi connectivity index (χ1n) is 8.06. The molecule has 0 amide bonds. The van der Waals surface area contributed by atoms with E-state index in [0.717, 1.165) is 11.3 Å². The Morgan fingerprint density at radius 1 is 1.36 bits per heavy atom. The Bertz CT molecular complexity index is 745. The minimum atomic E-state index is -0.199. The van der Waals surface area contributed by atoms with Crippen molar-refractivity contribution < 1.29 is 14.9 Å². The molecule has 0 saturated carbocycles. The van der Waals surface area contributed by atoms with Crippen LogP contribution in [0, 0.1) is 6.92 Å². The molecule has 0 bridgehead atoms. The van der Waals surface area contributed by atoms with Crippen LogP contribution in [0.15, 0.2) is 35.5 Å². The first-order valence-corrected chi connectivity index (χ1v) is 8.06. The number of benzene rings is 1. The van der Waals surface area contributed by atoms with Crippen LogP contribution < -0.4 is 4.74 Å². The minimum Gasteiger partial charge on any atom is -0.505 e. The number of aromatic hydroxyl groups is 1. The van der Waals surface area contributed by atoms with Crippen molar-refractivity contribution in [1.82, 2.24) is 9.88 Å². The van der Waals surface area contributed by atoms with Gasteiger partial charge in [-0.15, -0.1) is 0 Å². The van der Waals surface area contributed by atoms with Crippen molar-refractivity contribution in [3.05, 3.63) is 52.8 Å². The van der Waals surface area contributed by atoms with E-state index < -0.39 is 0 Å². The number of methoxy groups -OCH3 is 1. The third-order valence-corrected chi connectivity index (χ3v) is 4.13. The molecule has 6 heteroatoms. The Balaban J connectivity index is 2.25. The number of hydrogen-bond acceptors (Lipinski definition) is 6. The van der Waals surface area contributed by atoms with Crippen molar-refractivity contribution in [2.45, 2.75) is 19.6 Å². The van der Waals surface area contributed by atoms with Gasteiger partial charge in [-0.05, 0) is 38.7 Å². The largest absolute Gasteiger partial charge is 0.505 e. The number of aromatic nitrogens is 1. The highest BCUT2D eigenvalue weighted by Gasteiger charge is 2.15. The van der Waals surface area contributed by atoms with Crippen LogP contribution >= 0.6 is 0 Å². The molecule has 0 radical (unpaired) electrons. The van der Waals surface area contributed by atoms with Gasteiger partial charge in [-0.2, -0.15) is 0 Å². The number of aryl methyl sites for hydroxylation is 1. The van der Waals surface area contributed by atoms with Gasteiger partial charge < -0.3 is 19.8 Å². The molecule has 1 aromatic carbocycles. The predicted molar refractivity (Wildman–Crippen MR) is 98.4 cm³/mol. The van der Waals surface area contributed by atoms with Gasteiger partial charge in [0.1, 0.15) is 11.5 Å². The average Bonchev–Trinajstić information content (AvgIpc) is 2.61. The van der Waals surface area contributed by atoms with E-state index in [1.807, 2.05) is 38.4 Å². The van der Waals surface area contributed by atoms with Crippen LogP contribution in [0.25, 0.3) is 0 Å². The van der Waals surface area contributed by atoms with E-state index in [-0.39, 0.29) is 18.4 Å². The van der Waals surface area contributed by atoms with Gasteiger partial charge in [0, 0.05) is 23.5 Å². The van der Waals surface area contributed by atoms with Gasteiger partial charge in [-0.1, -0.05) is 12.1 Å². The van der Waals surface area contributed by atoms with Crippen LogP contribution in [0.5, 0.6) is 11.5 Å². The maximum Gasteiger partial charge on any atom is 0.145 e. The number of pyridine rings is 1. The van der Waals surface area contributed by atoms with E-state index in [1.165, 1.54) is 0 Å². The second kappa shape index (κ2) is 8.60. The topological polar surface area (TPSA) is 78.2 Å². The fourth-order valence-corrected chi connectivity index (χ4v) is 2.58. The summed E-state index contributed by atoms with van der Waals surface area (Å²) in [5, 5.41) is 19.6. The highest BCUT2D eigenvalue weighted by atomic mass is 16.5. The lowest BCUT2D eigenvalue weighted by Gasteiger charge is -2.23. The Morgan fingerprint density at radius 2 is 2.12 bits per heavy atom. The van der Waals surface area contributed by atoms with Crippen molar-refractivity contribution in [3.63, 3.8) is 0 Å². The van der Waals surface area contributed by atoms with Crippen LogP contribution in [0.1, 0.15) is 28.4 Å². The third kappa shape index (κ3) is 4.55. The van der Waals surface area contributed by atoms with Gasteiger partial charge >= 0.3 is 0 Å². The summed E-state index contributed by atoms with van der Waals surface area (Å²) in [5.41, 5.74) is 2.67. The molecule has 2 aromatic rings. The molecule has 0 spiro atoms. The van der Waals surface area contributed by atoms with E-state index in [4.69, 9.17) is 4.74 Å². The van der Waals surface area contributed by atoms with Crippen molar-refractivity contribution >= 4 is 6.21 Å². The fraction of sp³-hybridized carbons (Fsp3) is 0.368. The normalized spacial score (nSPS) is 12.7. The molecule has 0 aliphatic heterocycles. The molecule has 25 heavy (non-hydrogen) atoms. The molecule has 6 nitrogen and oxygen atoms in total. The molecule has 0 aliphatic carbocycles. The molecule has 1 aromatic heterocycles. The van der Waals surface area contributed by atoms with Gasteiger partial charge in [0.2, 0.25) is 0 Å². The number of aliphatic hydroxyl groups excluding tert-OH is 1. The highest BCUT2D eigenvalue weighted by molar-refractivity contribution is 5.85. The summed E-state index contributed by atoms with van der Waals surface area (Å²) in [6.07, 6.45) is 3.16. The van der Waals surface area contributed by atoms with Crippen LogP contribution in [0.4, 0.5) is 0 Å². The van der Waals surface area contributed by atoms with E-state index in [1.54, 1.807) is 26.4 Å². The van der Waals surface area contributed by atoms with Crippen LogP contribution in [0.2, 0.25) is 0 Å². The number of rotatable bonds is 7. The SMILES string of the molecule is COc1cccc([C@@H](CN=Cc2c(CO)cnc(C)c2O)N(C)C)c1. The van der Waals surface area contributed by atoms with Crippen LogP contribution in [-0.4, -0.2) is 54.1 Å². The number of aliphatic imine (C=N–C) groups is 1. The second-order valence-electron chi connectivity index (χ2n) is 6.04. The average molecular weight is 343 g/mol. The number of nitrogens with zero attached hydrogens (tertiary/aromatic N) is 3. The summed E-state index contributed by atoms with van der Waals surface area (Å²) >= 11 is 0. The molecule has 2 rings (SSSR count). The lowest BCUT2D eigenvalue weighted by molar-refractivity contribution is 0.280. The zero-order valence-electron chi connectivity index (χ0n) is 15.1. The van der Waals surface area contributed by atoms with E-state index in [0.29, 0.717) is 23.4 Å². The first kappa shape index (κ1) is 18.9. The van der Waals surface area contributed by atoms with Crippen molar-refractivity contribution in [2.24, 2.45) is 4.99 Å². The predicted octanol–water partition coefficient (Wildman–Crippen LogP) is 2.32. The molecule has 1 atom stereocenters. The summed E-state index contributed by atoms with van der Waals surface area (Å²) in [6, 6.07) is 7.96. The summed E-state index contributed by atoms with van der Waals surface area (Å²) in [7, 11) is 5.63. The van der Waals surface area contributed by atoms with Crippen molar-refractivity contribution in [2.75, 3.05) is 27.7 Å².